The zero-order valence-electron chi connectivity index (χ0n) is 28.3. The quantitative estimate of drug-likeness (QED) is 0.121. The largest absolute Gasteiger partial charge is 0.458 e. The number of carbonyl (C=O) groups is 1. The van der Waals surface area contributed by atoms with Crippen LogP contribution in [0.1, 0.15) is 71.6 Å². The Bertz CT molecular complexity index is 1260. The summed E-state index contributed by atoms with van der Waals surface area (Å²) in [5.41, 5.74) is -0.641. The maximum absolute atomic E-state index is 12.5. The minimum absolute atomic E-state index is 0.0184. The van der Waals surface area contributed by atoms with Crippen molar-refractivity contribution in [1.82, 2.24) is 0 Å². The highest BCUT2D eigenvalue weighted by Gasteiger charge is 2.68. The molecule has 0 aromatic rings. The Balaban J connectivity index is 0.995. The van der Waals surface area contributed by atoms with Crippen molar-refractivity contribution in [2.45, 2.75) is 145 Å². The second kappa shape index (κ2) is 13.3. The first kappa shape index (κ1) is 36.1. The molecule has 14 nitrogen and oxygen atoms in total. The fourth-order valence-electron chi connectivity index (χ4n) is 11.4. The Morgan fingerprint density at radius 1 is 0.837 bits per heavy atom. The molecular formula is C35H54O14. The van der Waals surface area contributed by atoms with Crippen LogP contribution in [0.4, 0.5) is 0 Å². The molecule has 4 aliphatic carbocycles. The van der Waals surface area contributed by atoms with Crippen molar-refractivity contribution < 1.29 is 69.3 Å². The Morgan fingerprint density at radius 3 is 2.27 bits per heavy atom. The molecule has 0 aromatic heterocycles. The van der Waals surface area contributed by atoms with Gasteiger partial charge in [-0.15, -0.1) is 0 Å². The molecule has 0 amide bonds. The second-order valence-electron chi connectivity index (χ2n) is 16.2. The van der Waals surface area contributed by atoms with Crippen LogP contribution in [0.15, 0.2) is 11.6 Å². The maximum Gasteiger partial charge on any atom is 0.331 e. The summed E-state index contributed by atoms with van der Waals surface area (Å²) < 4.78 is 28.7. The van der Waals surface area contributed by atoms with Gasteiger partial charge >= 0.3 is 5.97 Å². The molecule has 0 aromatic carbocycles. The van der Waals surface area contributed by atoms with E-state index in [1.165, 1.54) is 0 Å². The number of ether oxygens (including phenoxy) is 5. The summed E-state index contributed by atoms with van der Waals surface area (Å²) in [6.07, 6.45) is -5.76. The van der Waals surface area contributed by atoms with Gasteiger partial charge in [-0.1, -0.05) is 6.92 Å². The Labute approximate surface area is 285 Å². The van der Waals surface area contributed by atoms with Crippen molar-refractivity contribution >= 4 is 5.97 Å². The van der Waals surface area contributed by atoms with Gasteiger partial charge in [-0.3, -0.25) is 0 Å². The average Bonchev–Trinajstić information content (AvgIpc) is 3.64. The smallest absolute Gasteiger partial charge is 0.331 e. The lowest BCUT2D eigenvalue weighted by molar-refractivity contribution is -0.360. The molecule has 3 heterocycles. The molecule has 18 atom stereocenters. The fraction of sp³-hybridized carbons (Fsp3) is 0.914. The molecule has 49 heavy (non-hydrogen) atoms. The van der Waals surface area contributed by atoms with E-state index in [1.54, 1.807) is 13.0 Å². The van der Waals surface area contributed by atoms with E-state index in [0.717, 1.165) is 37.7 Å². The third-order valence-corrected chi connectivity index (χ3v) is 14.2. The van der Waals surface area contributed by atoms with E-state index in [-0.39, 0.29) is 53.2 Å². The maximum atomic E-state index is 12.5. The lowest BCUT2D eigenvalue weighted by Gasteiger charge is -2.64. The number of carbonyl (C=O) groups excluding carboxylic acids is 1. The number of rotatable bonds is 7. The summed E-state index contributed by atoms with van der Waals surface area (Å²) in [6.45, 7) is 3.47. The van der Waals surface area contributed by atoms with Gasteiger partial charge in [0.2, 0.25) is 0 Å². The summed E-state index contributed by atoms with van der Waals surface area (Å²) in [6, 6.07) is 0. The van der Waals surface area contributed by atoms with Crippen LogP contribution in [0, 0.1) is 34.5 Å². The van der Waals surface area contributed by atoms with Crippen LogP contribution in [-0.2, 0) is 28.5 Å². The van der Waals surface area contributed by atoms with Gasteiger partial charge in [0.05, 0.1) is 24.4 Å². The zero-order valence-corrected chi connectivity index (χ0v) is 28.3. The average molecular weight is 699 g/mol. The molecule has 2 saturated heterocycles. The minimum atomic E-state index is -1.67. The van der Waals surface area contributed by atoms with Gasteiger partial charge in [0.15, 0.2) is 12.6 Å². The summed E-state index contributed by atoms with van der Waals surface area (Å²) in [5.74, 6) is 0.104. The molecule has 7 aliphatic rings. The molecular weight excluding hydrogens is 644 g/mol. The lowest BCUT2D eigenvalue weighted by atomic mass is 9.43. The van der Waals surface area contributed by atoms with Crippen molar-refractivity contribution in [2.24, 2.45) is 34.5 Å². The normalized spacial score (nSPS) is 54.4. The highest BCUT2D eigenvalue weighted by Crippen LogP contribution is 2.70. The van der Waals surface area contributed by atoms with E-state index in [4.69, 9.17) is 23.7 Å². The first-order chi connectivity index (χ1) is 23.3. The van der Waals surface area contributed by atoms with Crippen molar-refractivity contribution in [3.8, 4) is 0 Å². The van der Waals surface area contributed by atoms with E-state index in [9.17, 15) is 45.6 Å². The summed E-state index contributed by atoms with van der Waals surface area (Å²) in [5, 5.41) is 85.8. The van der Waals surface area contributed by atoms with Crippen molar-refractivity contribution in [3.05, 3.63) is 11.6 Å². The first-order valence-corrected chi connectivity index (χ1v) is 18.1. The number of aliphatic hydroxyl groups is 8. The van der Waals surface area contributed by atoms with E-state index >= 15 is 0 Å². The molecule has 8 N–H and O–H groups in total. The molecule has 4 saturated carbocycles. The number of hydrogen-bond donors (Lipinski definition) is 8. The van der Waals surface area contributed by atoms with E-state index < -0.39 is 73.6 Å². The van der Waals surface area contributed by atoms with Crippen LogP contribution in [0.25, 0.3) is 0 Å². The van der Waals surface area contributed by atoms with Crippen molar-refractivity contribution in [3.63, 3.8) is 0 Å². The number of hydrogen-bond acceptors (Lipinski definition) is 14. The van der Waals surface area contributed by atoms with Crippen LogP contribution < -0.4 is 0 Å². The lowest BCUT2D eigenvalue weighted by Crippen LogP contribution is -2.64. The van der Waals surface area contributed by atoms with Crippen molar-refractivity contribution in [2.75, 3.05) is 19.8 Å². The van der Waals surface area contributed by atoms with Crippen LogP contribution in [0.5, 0.6) is 0 Å². The van der Waals surface area contributed by atoms with Gasteiger partial charge in [-0.25, -0.2) is 4.79 Å². The topological polar surface area (TPSA) is 225 Å². The third kappa shape index (κ3) is 5.64. The molecule has 0 spiro atoms. The summed E-state index contributed by atoms with van der Waals surface area (Å²) in [4.78, 5) is 11.9. The monoisotopic (exact) mass is 698 g/mol. The van der Waals surface area contributed by atoms with Gasteiger partial charge in [0.1, 0.15) is 49.3 Å². The Kier molecular flexibility index (Phi) is 9.80. The molecule has 14 heteroatoms. The molecule has 6 fully saturated rings. The Hall–Kier alpha value is -1.27. The van der Waals surface area contributed by atoms with Crippen LogP contribution >= 0.6 is 0 Å². The highest BCUT2D eigenvalue weighted by atomic mass is 16.7. The van der Waals surface area contributed by atoms with Crippen LogP contribution in [0.2, 0.25) is 0 Å². The number of cyclic esters (lactones) is 1. The molecule has 0 bridgehead atoms. The van der Waals surface area contributed by atoms with Gasteiger partial charge in [-0.2, -0.15) is 0 Å². The summed E-state index contributed by atoms with van der Waals surface area (Å²) >= 11 is 0. The minimum Gasteiger partial charge on any atom is -0.458 e. The fourth-order valence-corrected chi connectivity index (χ4v) is 11.4. The third-order valence-electron chi connectivity index (χ3n) is 14.2. The first-order valence-electron chi connectivity index (χ1n) is 18.1. The Morgan fingerprint density at radius 2 is 1.57 bits per heavy atom. The predicted octanol–water partition coefficient (Wildman–Crippen LogP) is -0.747. The van der Waals surface area contributed by atoms with Crippen LogP contribution in [-0.4, -0.2) is 140 Å². The van der Waals surface area contributed by atoms with E-state index in [1.807, 2.05) is 0 Å². The number of esters is 1. The molecule has 3 aliphatic heterocycles. The molecule has 7 rings (SSSR count). The second-order valence-corrected chi connectivity index (χ2v) is 16.2. The van der Waals surface area contributed by atoms with E-state index in [2.05, 4.69) is 6.92 Å². The molecule has 0 radical (unpaired) electrons. The van der Waals surface area contributed by atoms with Gasteiger partial charge < -0.3 is 64.5 Å². The molecule has 278 valence electrons. The number of aliphatic hydroxyl groups excluding tert-OH is 7. The number of fused-ring (bicyclic) bond motifs is 5. The highest BCUT2D eigenvalue weighted by molar-refractivity contribution is 5.85. The van der Waals surface area contributed by atoms with E-state index in [0.29, 0.717) is 32.3 Å². The van der Waals surface area contributed by atoms with Gasteiger partial charge in [-0.05, 0) is 99.4 Å². The standard InChI is InChI=1S/C35H54O14/c1-16-30(49-32-28(42)26(40)25(39)23(13-36)48-32)27(41)29(43)31(46-16)47-19-5-9-34(15-37)18(12-19)3-4-22-21(34)6-8-33(2)20(7-10-35(22,33)44)17-11-24(38)45-14-17/h11,16,18-23,25-32,36-37,39-44H,3-10,12-15H2,1-2H3/t16-,18-,19+,20-,21?,22?,23-,25-,26+,27+,28-,29-,30+,31+,32+,33-,34-,35+/m1/s1. The zero-order chi connectivity index (χ0) is 35.0. The van der Waals surface area contributed by atoms with Gasteiger partial charge in [0.25, 0.3) is 0 Å². The predicted molar refractivity (Wildman–Crippen MR) is 167 cm³/mol. The SMILES string of the molecule is C[C@H]1O[C@@H](O[C@H]2CC[C@]3(CO)C4CC[C@]5(C)[C@@H](C6=CC(=O)OC6)CC[C@]5(O)C4CC[C@@H]3C2)[C@H](O)[C@H](O)[C@H]1O[C@@H]1O[C@H](CO)[C@@H](O)[C@H](O)[C@H]1O. The summed E-state index contributed by atoms with van der Waals surface area (Å²) in [7, 11) is 0. The molecule has 2 unspecified atom stereocenters. The van der Waals surface area contributed by atoms with Crippen LogP contribution in [0.3, 0.4) is 0 Å². The van der Waals surface area contributed by atoms with Gasteiger partial charge in [0, 0.05) is 18.1 Å². The van der Waals surface area contributed by atoms with Crippen molar-refractivity contribution in [1.29, 1.82) is 0 Å².